The molecule has 0 amide bonds. The van der Waals surface area contributed by atoms with Gasteiger partial charge in [-0.3, -0.25) is 0 Å². The lowest BCUT2D eigenvalue weighted by Gasteiger charge is -2.30. The predicted molar refractivity (Wildman–Crippen MR) is 77.4 cm³/mol. The zero-order valence-corrected chi connectivity index (χ0v) is 11.6. The number of aliphatic hydroxyl groups is 1. The summed E-state index contributed by atoms with van der Waals surface area (Å²) < 4.78 is 0. The highest BCUT2D eigenvalue weighted by atomic mass is 16.3. The first-order chi connectivity index (χ1) is 8.60. The van der Waals surface area contributed by atoms with Crippen molar-refractivity contribution in [1.82, 2.24) is 5.32 Å². The molecule has 0 aliphatic rings. The van der Waals surface area contributed by atoms with Gasteiger partial charge in [-0.15, -0.1) is 6.58 Å². The second-order valence-corrected chi connectivity index (χ2v) is 5.18. The highest BCUT2D eigenvalue weighted by Gasteiger charge is 2.22. The van der Waals surface area contributed by atoms with Gasteiger partial charge in [-0.1, -0.05) is 57.2 Å². The van der Waals surface area contributed by atoms with E-state index < -0.39 is 0 Å². The minimum Gasteiger partial charge on any atom is -0.395 e. The number of hydrogen-bond acceptors (Lipinski definition) is 2. The summed E-state index contributed by atoms with van der Waals surface area (Å²) >= 11 is 0. The average molecular weight is 247 g/mol. The summed E-state index contributed by atoms with van der Waals surface area (Å²) in [5.41, 5.74) is 1.24. The molecule has 1 rings (SSSR count). The minimum absolute atomic E-state index is 0.109. The summed E-state index contributed by atoms with van der Waals surface area (Å²) in [6.45, 7) is 10.4. The van der Waals surface area contributed by atoms with Crippen molar-refractivity contribution in [2.24, 2.45) is 11.8 Å². The van der Waals surface area contributed by atoms with E-state index in [-0.39, 0.29) is 18.7 Å². The van der Waals surface area contributed by atoms with Crippen LogP contribution in [0, 0.1) is 11.8 Å². The van der Waals surface area contributed by atoms with Crippen molar-refractivity contribution in [3.8, 4) is 0 Å². The number of hydrogen-bond donors (Lipinski definition) is 2. The maximum absolute atomic E-state index is 9.46. The van der Waals surface area contributed by atoms with Crippen molar-refractivity contribution in [2.45, 2.75) is 32.9 Å². The molecule has 0 saturated heterocycles. The summed E-state index contributed by atoms with van der Waals surface area (Å²) in [5, 5.41) is 13.0. The zero-order valence-electron chi connectivity index (χ0n) is 11.6. The Morgan fingerprint density at radius 2 is 1.83 bits per heavy atom. The van der Waals surface area contributed by atoms with Gasteiger partial charge < -0.3 is 10.4 Å². The van der Waals surface area contributed by atoms with Crippen LogP contribution < -0.4 is 5.32 Å². The van der Waals surface area contributed by atoms with Crippen LogP contribution in [-0.2, 0) is 0 Å². The van der Waals surface area contributed by atoms with Gasteiger partial charge in [-0.05, 0) is 17.4 Å². The molecule has 2 N–H and O–H groups in total. The largest absolute Gasteiger partial charge is 0.395 e. The van der Waals surface area contributed by atoms with E-state index in [2.05, 4.69) is 44.8 Å². The SMILES string of the molecule is C=CC(C)[C@H](N[C@H](CO)C(C)C)c1ccccc1. The third-order valence-corrected chi connectivity index (χ3v) is 3.45. The second kappa shape index (κ2) is 7.34. The zero-order chi connectivity index (χ0) is 13.5. The molecule has 2 heteroatoms. The third-order valence-electron chi connectivity index (χ3n) is 3.45. The normalized spacial score (nSPS) is 16.3. The van der Waals surface area contributed by atoms with Crippen molar-refractivity contribution in [3.63, 3.8) is 0 Å². The smallest absolute Gasteiger partial charge is 0.0587 e. The topological polar surface area (TPSA) is 32.3 Å². The summed E-state index contributed by atoms with van der Waals surface area (Å²) in [7, 11) is 0. The monoisotopic (exact) mass is 247 g/mol. The van der Waals surface area contributed by atoms with Gasteiger partial charge in [0.25, 0.3) is 0 Å². The lowest BCUT2D eigenvalue weighted by atomic mass is 9.92. The summed E-state index contributed by atoms with van der Waals surface area (Å²) in [4.78, 5) is 0. The molecule has 0 spiro atoms. The Morgan fingerprint density at radius 1 is 1.22 bits per heavy atom. The Hall–Kier alpha value is -1.12. The Kier molecular flexibility index (Phi) is 6.10. The van der Waals surface area contributed by atoms with Crippen molar-refractivity contribution in [3.05, 3.63) is 48.6 Å². The van der Waals surface area contributed by atoms with E-state index in [9.17, 15) is 5.11 Å². The van der Waals surface area contributed by atoms with Crippen LogP contribution in [0.15, 0.2) is 43.0 Å². The first-order valence-electron chi connectivity index (χ1n) is 6.64. The molecule has 3 atom stereocenters. The molecule has 0 aromatic heterocycles. The third kappa shape index (κ3) is 3.97. The molecule has 18 heavy (non-hydrogen) atoms. The molecule has 1 unspecified atom stereocenters. The first-order valence-corrected chi connectivity index (χ1v) is 6.64. The molecule has 2 nitrogen and oxygen atoms in total. The standard InChI is InChI=1S/C16H25NO/c1-5-13(4)16(14-9-7-6-8-10-14)17-15(11-18)12(2)3/h5-10,12-13,15-18H,1,11H2,2-4H3/t13?,15-,16+/m1/s1. The molecule has 1 aromatic carbocycles. The summed E-state index contributed by atoms with van der Waals surface area (Å²) in [6.07, 6.45) is 1.96. The van der Waals surface area contributed by atoms with Crippen molar-refractivity contribution >= 4 is 0 Å². The van der Waals surface area contributed by atoms with Gasteiger partial charge in [0.2, 0.25) is 0 Å². The van der Waals surface area contributed by atoms with Gasteiger partial charge in [0.05, 0.1) is 6.61 Å². The van der Waals surface area contributed by atoms with Crippen molar-refractivity contribution < 1.29 is 5.11 Å². The van der Waals surface area contributed by atoms with Gasteiger partial charge in [-0.2, -0.15) is 0 Å². The Bertz CT molecular complexity index is 347. The van der Waals surface area contributed by atoms with Crippen LogP contribution in [0.3, 0.4) is 0 Å². The fourth-order valence-electron chi connectivity index (χ4n) is 2.03. The quantitative estimate of drug-likeness (QED) is 0.725. The number of benzene rings is 1. The van der Waals surface area contributed by atoms with Crippen LogP contribution in [-0.4, -0.2) is 17.8 Å². The molecule has 0 saturated carbocycles. The molecule has 0 aliphatic heterocycles. The Morgan fingerprint density at radius 3 is 2.28 bits per heavy atom. The molecular formula is C16H25NO. The van der Waals surface area contributed by atoms with Crippen molar-refractivity contribution in [2.75, 3.05) is 6.61 Å². The number of nitrogens with one attached hydrogen (secondary N) is 1. The molecule has 1 aromatic rings. The van der Waals surface area contributed by atoms with E-state index in [0.717, 1.165) is 0 Å². The van der Waals surface area contributed by atoms with Crippen LogP contribution in [0.25, 0.3) is 0 Å². The number of rotatable bonds is 7. The fraction of sp³-hybridized carbons (Fsp3) is 0.500. The highest BCUT2D eigenvalue weighted by molar-refractivity contribution is 5.21. The van der Waals surface area contributed by atoms with E-state index in [1.165, 1.54) is 5.56 Å². The van der Waals surface area contributed by atoms with Crippen LogP contribution >= 0.6 is 0 Å². The van der Waals surface area contributed by atoms with E-state index in [4.69, 9.17) is 0 Å². The van der Waals surface area contributed by atoms with E-state index >= 15 is 0 Å². The average Bonchev–Trinajstić information content (AvgIpc) is 2.39. The lowest BCUT2D eigenvalue weighted by molar-refractivity contribution is 0.191. The summed E-state index contributed by atoms with van der Waals surface area (Å²) in [5.74, 6) is 0.721. The fourth-order valence-corrected chi connectivity index (χ4v) is 2.03. The van der Waals surface area contributed by atoms with Gasteiger partial charge >= 0.3 is 0 Å². The van der Waals surface area contributed by atoms with Gasteiger partial charge in [0.1, 0.15) is 0 Å². The Labute approximate surface area is 111 Å². The predicted octanol–water partition coefficient (Wildman–Crippen LogP) is 3.16. The maximum atomic E-state index is 9.46. The van der Waals surface area contributed by atoms with E-state index in [0.29, 0.717) is 11.8 Å². The highest BCUT2D eigenvalue weighted by Crippen LogP contribution is 2.24. The second-order valence-electron chi connectivity index (χ2n) is 5.18. The van der Waals surface area contributed by atoms with Crippen LogP contribution in [0.4, 0.5) is 0 Å². The summed E-state index contributed by atoms with van der Waals surface area (Å²) in [6, 6.07) is 10.6. The molecule has 0 heterocycles. The maximum Gasteiger partial charge on any atom is 0.0587 e. The van der Waals surface area contributed by atoms with Crippen LogP contribution in [0.1, 0.15) is 32.4 Å². The minimum atomic E-state index is 0.109. The molecule has 0 radical (unpaired) electrons. The molecule has 0 aliphatic carbocycles. The molecule has 0 fully saturated rings. The van der Waals surface area contributed by atoms with Crippen LogP contribution in [0.5, 0.6) is 0 Å². The molecular weight excluding hydrogens is 222 g/mol. The van der Waals surface area contributed by atoms with E-state index in [1.54, 1.807) is 0 Å². The van der Waals surface area contributed by atoms with Gasteiger partial charge in [0.15, 0.2) is 0 Å². The Balaban J connectivity index is 2.89. The molecule has 0 bridgehead atoms. The van der Waals surface area contributed by atoms with E-state index in [1.807, 2.05) is 24.3 Å². The molecule has 100 valence electrons. The van der Waals surface area contributed by atoms with Gasteiger partial charge in [-0.25, -0.2) is 0 Å². The van der Waals surface area contributed by atoms with Crippen LogP contribution in [0.2, 0.25) is 0 Å². The first kappa shape index (κ1) is 14.9. The van der Waals surface area contributed by atoms with Crippen molar-refractivity contribution in [1.29, 1.82) is 0 Å². The van der Waals surface area contributed by atoms with Gasteiger partial charge in [0, 0.05) is 12.1 Å². The number of aliphatic hydroxyl groups excluding tert-OH is 1. The lowest BCUT2D eigenvalue weighted by Crippen LogP contribution is -2.41.